The van der Waals surface area contributed by atoms with Gasteiger partial charge >= 0.3 is 0 Å². The number of guanidine groups is 1. The number of aliphatic imine (C=N–C) groups is 1. The molecule has 0 aromatic heterocycles. The van der Waals surface area contributed by atoms with E-state index in [9.17, 15) is 4.79 Å². The zero-order valence-corrected chi connectivity index (χ0v) is 21.6. The molecule has 0 bridgehead atoms. The number of carbonyl (C=O) groups is 1. The summed E-state index contributed by atoms with van der Waals surface area (Å²) < 4.78 is 16.5. The first-order chi connectivity index (χ1) is 15.2. The number of halogens is 1. The van der Waals surface area contributed by atoms with Crippen LogP contribution in [0.3, 0.4) is 0 Å². The highest BCUT2D eigenvalue weighted by Crippen LogP contribution is 2.16. The molecule has 0 aliphatic carbocycles. The van der Waals surface area contributed by atoms with Crippen LogP contribution >= 0.6 is 24.0 Å². The molecule has 1 N–H and O–H groups in total. The highest BCUT2D eigenvalue weighted by molar-refractivity contribution is 14.0. The number of hydrogen-bond acceptors (Lipinski definition) is 5. The summed E-state index contributed by atoms with van der Waals surface area (Å²) in [5, 5.41) is 3.37. The zero-order chi connectivity index (χ0) is 21.9. The van der Waals surface area contributed by atoms with E-state index in [0.29, 0.717) is 39.5 Å². The second kappa shape index (κ2) is 14.5. The lowest BCUT2D eigenvalue weighted by molar-refractivity contribution is -0.142. The number of amides is 1. The molecule has 1 unspecified atom stereocenters. The van der Waals surface area contributed by atoms with E-state index in [4.69, 9.17) is 19.2 Å². The van der Waals surface area contributed by atoms with Gasteiger partial charge in [0.05, 0.1) is 13.7 Å². The molecular weight excluding hydrogens is 523 g/mol. The van der Waals surface area contributed by atoms with Crippen LogP contribution in [-0.4, -0.2) is 87.4 Å². The Hall–Kier alpha value is -1.59. The standard InChI is InChI=1S/C23H36N4O4.HI/c1-3-24-23(25-11-5-16-30-18-19-7-9-20(29-2)10-8-19)27-14-12-26(13-15-27)22(28)21-6-4-17-31-21;/h7-10,21H,3-6,11-18H2,1-2H3,(H,24,25);1H. The number of nitrogens with one attached hydrogen (secondary N) is 1. The van der Waals surface area contributed by atoms with Crippen LogP contribution in [-0.2, 0) is 20.9 Å². The lowest BCUT2D eigenvalue weighted by atomic mass is 10.2. The van der Waals surface area contributed by atoms with Crippen LogP contribution in [0.15, 0.2) is 29.3 Å². The van der Waals surface area contributed by atoms with Gasteiger partial charge in [0.1, 0.15) is 11.9 Å². The Morgan fingerprint density at radius 1 is 1.19 bits per heavy atom. The topological polar surface area (TPSA) is 75.6 Å². The molecular formula is C23H37IN4O4. The number of piperazine rings is 1. The molecule has 2 aliphatic heterocycles. The summed E-state index contributed by atoms with van der Waals surface area (Å²) in [4.78, 5) is 21.5. The third-order valence-electron chi connectivity index (χ3n) is 5.57. The number of ether oxygens (including phenoxy) is 3. The monoisotopic (exact) mass is 560 g/mol. The number of benzene rings is 1. The van der Waals surface area contributed by atoms with E-state index >= 15 is 0 Å². The Bertz CT molecular complexity index is 702. The second-order valence-electron chi connectivity index (χ2n) is 7.80. The third kappa shape index (κ3) is 8.08. The fraction of sp³-hybridized carbons (Fsp3) is 0.652. The van der Waals surface area contributed by atoms with Crippen LogP contribution in [0.1, 0.15) is 31.7 Å². The van der Waals surface area contributed by atoms with Crippen molar-refractivity contribution in [2.45, 2.75) is 38.9 Å². The lowest BCUT2D eigenvalue weighted by Gasteiger charge is -2.37. The van der Waals surface area contributed by atoms with Gasteiger partial charge < -0.3 is 29.3 Å². The average molecular weight is 560 g/mol. The number of nitrogens with zero attached hydrogens (tertiary/aromatic N) is 3. The van der Waals surface area contributed by atoms with Crippen LogP contribution < -0.4 is 10.1 Å². The molecule has 8 nitrogen and oxygen atoms in total. The fourth-order valence-electron chi connectivity index (χ4n) is 3.80. The quantitative estimate of drug-likeness (QED) is 0.217. The zero-order valence-electron chi connectivity index (χ0n) is 19.3. The normalized spacial score (nSPS) is 18.9. The van der Waals surface area contributed by atoms with Crippen molar-refractivity contribution in [1.82, 2.24) is 15.1 Å². The first-order valence-electron chi connectivity index (χ1n) is 11.4. The molecule has 1 aromatic carbocycles. The van der Waals surface area contributed by atoms with Gasteiger partial charge in [0, 0.05) is 52.5 Å². The number of methoxy groups -OCH3 is 1. The Labute approximate surface area is 208 Å². The molecule has 180 valence electrons. The molecule has 0 spiro atoms. The number of carbonyl (C=O) groups excluding carboxylic acids is 1. The predicted octanol–water partition coefficient (Wildman–Crippen LogP) is 2.51. The predicted molar refractivity (Wildman–Crippen MR) is 136 cm³/mol. The van der Waals surface area contributed by atoms with E-state index < -0.39 is 0 Å². The highest BCUT2D eigenvalue weighted by atomic mass is 127. The first-order valence-corrected chi connectivity index (χ1v) is 11.4. The Morgan fingerprint density at radius 3 is 2.53 bits per heavy atom. The van der Waals surface area contributed by atoms with E-state index in [1.165, 1.54) is 0 Å². The molecule has 1 atom stereocenters. The Kier molecular flexibility index (Phi) is 12.1. The van der Waals surface area contributed by atoms with Crippen molar-refractivity contribution in [2.24, 2.45) is 4.99 Å². The molecule has 0 saturated carbocycles. The Morgan fingerprint density at radius 2 is 1.91 bits per heavy atom. The van der Waals surface area contributed by atoms with Gasteiger partial charge in [-0.25, -0.2) is 0 Å². The van der Waals surface area contributed by atoms with Crippen LogP contribution in [0.5, 0.6) is 5.75 Å². The molecule has 3 rings (SSSR count). The van der Waals surface area contributed by atoms with Gasteiger partial charge in [-0.15, -0.1) is 24.0 Å². The molecule has 2 fully saturated rings. The van der Waals surface area contributed by atoms with E-state index in [1.54, 1.807) is 7.11 Å². The fourth-order valence-corrected chi connectivity index (χ4v) is 3.80. The van der Waals surface area contributed by atoms with Crippen molar-refractivity contribution in [3.63, 3.8) is 0 Å². The average Bonchev–Trinajstić information content (AvgIpc) is 3.35. The summed E-state index contributed by atoms with van der Waals surface area (Å²) >= 11 is 0. The van der Waals surface area contributed by atoms with Crippen LogP contribution in [0.2, 0.25) is 0 Å². The van der Waals surface area contributed by atoms with Gasteiger partial charge in [0.2, 0.25) is 0 Å². The van der Waals surface area contributed by atoms with Gasteiger partial charge in [-0.05, 0) is 43.9 Å². The summed E-state index contributed by atoms with van der Waals surface area (Å²) in [6.07, 6.45) is 2.47. The smallest absolute Gasteiger partial charge is 0.251 e. The van der Waals surface area contributed by atoms with Gasteiger partial charge in [-0.1, -0.05) is 12.1 Å². The van der Waals surface area contributed by atoms with Crippen molar-refractivity contribution in [2.75, 3.05) is 59.6 Å². The SMILES string of the molecule is CCNC(=NCCCOCc1ccc(OC)cc1)N1CCN(C(=O)C2CCCO2)CC1.I. The van der Waals surface area contributed by atoms with Crippen molar-refractivity contribution in [1.29, 1.82) is 0 Å². The van der Waals surface area contributed by atoms with E-state index in [0.717, 1.165) is 56.2 Å². The second-order valence-corrected chi connectivity index (χ2v) is 7.80. The van der Waals surface area contributed by atoms with Crippen molar-refractivity contribution >= 4 is 35.8 Å². The minimum atomic E-state index is -0.230. The Balaban J connectivity index is 0.00000363. The maximum atomic E-state index is 12.5. The molecule has 32 heavy (non-hydrogen) atoms. The number of hydrogen-bond donors (Lipinski definition) is 1. The maximum absolute atomic E-state index is 12.5. The molecule has 9 heteroatoms. The van der Waals surface area contributed by atoms with E-state index in [-0.39, 0.29) is 36.0 Å². The van der Waals surface area contributed by atoms with Gasteiger partial charge in [0.25, 0.3) is 5.91 Å². The molecule has 0 radical (unpaired) electrons. The molecule has 2 heterocycles. The van der Waals surface area contributed by atoms with Crippen molar-refractivity contribution in [3.8, 4) is 5.75 Å². The van der Waals surface area contributed by atoms with Gasteiger partial charge in [-0.2, -0.15) is 0 Å². The maximum Gasteiger partial charge on any atom is 0.251 e. The van der Waals surface area contributed by atoms with Crippen LogP contribution in [0, 0.1) is 0 Å². The minimum Gasteiger partial charge on any atom is -0.497 e. The van der Waals surface area contributed by atoms with E-state index in [2.05, 4.69) is 17.1 Å². The summed E-state index contributed by atoms with van der Waals surface area (Å²) in [6.45, 7) is 8.58. The number of rotatable bonds is 9. The van der Waals surface area contributed by atoms with Gasteiger partial charge in [0.15, 0.2) is 5.96 Å². The summed E-state index contributed by atoms with van der Waals surface area (Å²) in [5.74, 6) is 1.92. The molecule has 2 aliphatic rings. The summed E-state index contributed by atoms with van der Waals surface area (Å²) in [7, 11) is 1.67. The van der Waals surface area contributed by atoms with E-state index in [1.807, 2.05) is 29.2 Å². The van der Waals surface area contributed by atoms with Gasteiger partial charge in [-0.3, -0.25) is 9.79 Å². The summed E-state index contributed by atoms with van der Waals surface area (Å²) in [5.41, 5.74) is 1.13. The summed E-state index contributed by atoms with van der Waals surface area (Å²) in [6, 6.07) is 7.92. The lowest BCUT2D eigenvalue weighted by Crippen LogP contribution is -2.55. The van der Waals surface area contributed by atoms with Crippen molar-refractivity contribution < 1.29 is 19.0 Å². The first kappa shape index (κ1) is 26.7. The third-order valence-corrected chi connectivity index (χ3v) is 5.57. The van der Waals surface area contributed by atoms with Crippen LogP contribution in [0.25, 0.3) is 0 Å². The molecule has 1 amide bonds. The highest BCUT2D eigenvalue weighted by Gasteiger charge is 2.30. The molecule has 2 saturated heterocycles. The minimum absolute atomic E-state index is 0. The molecule has 1 aromatic rings. The van der Waals surface area contributed by atoms with Crippen molar-refractivity contribution in [3.05, 3.63) is 29.8 Å². The van der Waals surface area contributed by atoms with Crippen LogP contribution in [0.4, 0.5) is 0 Å². The largest absolute Gasteiger partial charge is 0.497 e.